The van der Waals surface area contributed by atoms with Gasteiger partial charge in [0.15, 0.2) is 17.5 Å². The van der Waals surface area contributed by atoms with Gasteiger partial charge in [-0.2, -0.15) is 0 Å². The molecule has 0 saturated heterocycles. The Morgan fingerprint density at radius 3 is 2.37 bits per heavy atom. The molecule has 1 heterocycles. The van der Waals surface area contributed by atoms with E-state index in [-0.39, 0.29) is 11.9 Å². The number of fused-ring (bicyclic) bond motifs is 1. The summed E-state index contributed by atoms with van der Waals surface area (Å²) in [6.45, 7) is 3.58. The minimum atomic E-state index is -0.251. The van der Waals surface area contributed by atoms with E-state index in [9.17, 15) is 4.79 Å². The molecular weight excluding hydrogens is 244 g/mol. The summed E-state index contributed by atoms with van der Waals surface area (Å²) in [5.41, 5.74) is 7.85. The SMILES string of the molecule is COc1cc2c(cc1OC)C[NH+]([C@H](C)C(N)=O)CC2. The number of nitrogens with one attached hydrogen (secondary N) is 1. The van der Waals surface area contributed by atoms with Crippen LogP contribution in [0, 0.1) is 0 Å². The standard InChI is InChI=1S/C14H20N2O3/c1-9(14(15)17)16-5-4-10-6-12(18-2)13(19-3)7-11(10)8-16/h6-7,9H,4-5,8H2,1-3H3,(H2,15,17)/p+1/t9-/m1/s1. The molecule has 1 aromatic carbocycles. The van der Waals surface area contributed by atoms with E-state index in [0.717, 1.165) is 31.0 Å². The van der Waals surface area contributed by atoms with Crippen molar-refractivity contribution >= 4 is 5.91 Å². The van der Waals surface area contributed by atoms with Gasteiger partial charge in [0.05, 0.1) is 20.8 Å². The predicted molar refractivity (Wildman–Crippen MR) is 71.4 cm³/mol. The molecule has 104 valence electrons. The average Bonchev–Trinajstić information content (AvgIpc) is 2.44. The molecule has 0 aromatic heterocycles. The molecule has 0 bridgehead atoms. The third kappa shape index (κ3) is 2.66. The second-order valence-electron chi connectivity index (χ2n) is 4.93. The van der Waals surface area contributed by atoms with Gasteiger partial charge in [0.2, 0.25) is 0 Å². The van der Waals surface area contributed by atoms with Crippen molar-refractivity contribution in [2.45, 2.75) is 25.9 Å². The van der Waals surface area contributed by atoms with Crippen LogP contribution in [0.4, 0.5) is 0 Å². The van der Waals surface area contributed by atoms with Crippen LogP contribution in [0.1, 0.15) is 18.1 Å². The molecule has 0 fully saturated rings. The van der Waals surface area contributed by atoms with Gasteiger partial charge < -0.3 is 20.1 Å². The molecule has 5 nitrogen and oxygen atoms in total. The fourth-order valence-corrected chi connectivity index (χ4v) is 2.56. The number of quaternary nitrogens is 1. The first-order chi connectivity index (χ1) is 9.06. The van der Waals surface area contributed by atoms with Crippen LogP contribution >= 0.6 is 0 Å². The first-order valence-electron chi connectivity index (χ1n) is 6.44. The fourth-order valence-electron chi connectivity index (χ4n) is 2.56. The number of carbonyl (C=O) groups is 1. The highest BCUT2D eigenvalue weighted by Gasteiger charge is 2.28. The number of ether oxygens (including phenoxy) is 2. The van der Waals surface area contributed by atoms with Gasteiger partial charge in [0, 0.05) is 12.0 Å². The number of primary amides is 1. The van der Waals surface area contributed by atoms with Crippen LogP contribution in [-0.4, -0.2) is 32.7 Å². The summed E-state index contributed by atoms with van der Waals surface area (Å²) in [6.07, 6.45) is 0.919. The molecule has 1 aliphatic rings. The molecule has 1 amide bonds. The molecule has 1 aliphatic heterocycles. The summed E-state index contributed by atoms with van der Waals surface area (Å²) < 4.78 is 10.6. The minimum Gasteiger partial charge on any atom is -0.493 e. The first kappa shape index (κ1) is 13.7. The Hall–Kier alpha value is -1.75. The second-order valence-corrected chi connectivity index (χ2v) is 4.93. The van der Waals surface area contributed by atoms with Crippen molar-refractivity contribution in [3.8, 4) is 11.5 Å². The van der Waals surface area contributed by atoms with Crippen molar-refractivity contribution in [2.75, 3.05) is 20.8 Å². The zero-order chi connectivity index (χ0) is 14.0. The molecule has 1 aromatic rings. The Balaban J connectivity index is 2.27. The van der Waals surface area contributed by atoms with Crippen LogP contribution in [0.15, 0.2) is 12.1 Å². The van der Waals surface area contributed by atoms with Gasteiger partial charge in [-0.05, 0) is 24.6 Å². The van der Waals surface area contributed by atoms with E-state index in [1.165, 1.54) is 16.0 Å². The smallest absolute Gasteiger partial charge is 0.275 e. The van der Waals surface area contributed by atoms with Crippen molar-refractivity contribution in [1.82, 2.24) is 0 Å². The number of nitrogens with two attached hydrogens (primary N) is 1. The van der Waals surface area contributed by atoms with E-state index in [1.807, 2.05) is 19.1 Å². The molecule has 2 atom stereocenters. The summed E-state index contributed by atoms with van der Waals surface area (Å²) >= 11 is 0. The Morgan fingerprint density at radius 2 is 1.84 bits per heavy atom. The highest BCUT2D eigenvalue weighted by molar-refractivity contribution is 5.77. The van der Waals surface area contributed by atoms with E-state index < -0.39 is 0 Å². The number of methoxy groups -OCH3 is 2. The van der Waals surface area contributed by atoms with E-state index in [4.69, 9.17) is 15.2 Å². The third-order valence-corrected chi connectivity index (χ3v) is 3.88. The predicted octanol–water partition coefficient (Wildman–Crippen LogP) is -0.481. The van der Waals surface area contributed by atoms with Crippen molar-refractivity contribution in [3.63, 3.8) is 0 Å². The lowest BCUT2D eigenvalue weighted by Crippen LogP contribution is -3.16. The first-order valence-corrected chi connectivity index (χ1v) is 6.44. The summed E-state index contributed by atoms with van der Waals surface area (Å²) in [5.74, 6) is 1.24. The highest BCUT2D eigenvalue weighted by atomic mass is 16.5. The summed E-state index contributed by atoms with van der Waals surface area (Å²) in [6, 6.07) is 3.86. The topological polar surface area (TPSA) is 66.0 Å². The minimum absolute atomic E-state index is 0.166. The monoisotopic (exact) mass is 265 g/mol. The van der Waals surface area contributed by atoms with Crippen LogP contribution in [0.25, 0.3) is 0 Å². The van der Waals surface area contributed by atoms with Gasteiger partial charge in [-0.15, -0.1) is 0 Å². The maximum atomic E-state index is 11.3. The molecule has 1 unspecified atom stereocenters. The Bertz CT molecular complexity index is 488. The second kappa shape index (κ2) is 5.48. The van der Waals surface area contributed by atoms with E-state index in [1.54, 1.807) is 14.2 Å². The maximum absolute atomic E-state index is 11.3. The molecule has 0 saturated carbocycles. The lowest BCUT2D eigenvalue weighted by molar-refractivity contribution is -0.929. The van der Waals surface area contributed by atoms with Gasteiger partial charge in [0.25, 0.3) is 5.91 Å². The number of carbonyl (C=O) groups excluding carboxylic acids is 1. The fraction of sp³-hybridized carbons (Fsp3) is 0.500. The van der Waals surface area contributed by atoms with E-state index in [2.05, 4.69) is 0 Å². The van der Waals surface area contributed by atoms with Crippen LogP contribution in [0.2, 0.25) is 0 Å². The maximum Gasteiger partial charge on any atom is 0.275 e. The molecular formula is C14H21N2O3+. The average molecular weight is 265 g/mol. The summed E-state index contributed by atoms with van der Waals surface area (Å²) in [4.78, 5) is 12.5. The molecule has 19 heavy (non-hydrogen) atoms. The molecule has 0 aliphatic carbocycles. The summed E-state index contributed by atoms with van der Waals surface area (Å²) in [5, 5.41) is 0. The molecule has 0 radical (unpaired) electrons. The number of hydrogen-bond donors (Lipinski definition) is 2. The number of benzene rings is 1. The Labute approximate surface area is 113 Å². The molecule has 5 heteroatoms. The van der Waals surface area contributed by atoms with Crippen LogP contribution in [0.3, 0.4) is 0 Å². The van der Waals surface area contributed by atoms with Crippen molar-refractivity contribution in [3.05, 3.63) is 23.3 Å². The molecule has 3 N–H and O–H groups in total. The van der Waals surface area contributed by atoms with Crippen LogP contribution in [-0.2, 0) is 17.8 Å². The highest BCUT2D eigenvalue weighted by Crippen LogP contribution is 2.31. The van der Waals surface area contributed by atoms with Gasteiger partial charge in [-0.3, -0.25) is 4.79 Å². The number of rotatable bonds is 4. The zero-order valence-electron chi connectivity index (χ0n) is 11.7. The van der Waals surface area contributed by atoms with Crippen molar-refractivity contribution < 1.29 is 19.2 Å². The largest absolute Gasteiger partial charge is 0.493 e. The van der Waals surface area contributed by atoms with Crippen LogP contribution in [0.5, 0.6) is 11.5 Å². The van der Waals surface area contributed by atoms with Gasteiger partial charge in [-0.25, -0.2) is 0 Å². The number of hydrogen-bond acceptors (Lipinski definition) is 3. The van der Waals surface area contributed by atoms with Gasteiger partial charge in [0.1, 0.15) is 6.54 Å². The van der Waals surface area contributed by atoms with Crippen molar-refractivity contribution in [1.29, 1.82) is 0 Å². The van der Waals surface area contributed by atoms with E-state index >= 15 is 0 Å². The van der Waals surface area contributed by atoms with E-state index in [0.29, 0.717) is 0 Å². The van der Waals surface area contributed by atoms with Gasteiger partial charge >= 0.3 is 0 Å². The Morgan fingerprint density at radius 1 is 1.26 bits per heavy atom. The van der Waals surface area contributed by atoms with Crippen molar-refractivity contribution in [2.24, 2.45) is 5.73 Å². The molecule has 2 rings (SSSR count). The number of amides is 1. The van der Waals surface area contributed by atoms with Crippen LogP contribution < -0.4 is 20.1 Å². The Kier molecular flexibility index (Phi) is 3.95. The zero-order valence-corrected chi connectivity index (χ0v) is 11.7. The normalized spacial score (nSPS) is 19.4. The van der Waals surface area contributed by atoms with Gasteiger partial charge in [-0.1, -0.05) is 0 Å². The quantitative estimate of drug-likeness (QED) is 0.772. The molecule has 0 spiro atoms. The third-order valence-electron chi connectivity index (χ3n) is 3.88. The lowest BCUT2D eigenvalue weighted by atomic mass is 9.97. The summed E-state index contributed by atoms with van der Waals surface area (Å²) in [7, 11) is 3.27. The lowest BCUT2D eigenvalue weighted by Gasteiger charge is -2.29.